The fraction of sp³-hybridized carbons (Fsp3) is 0.600. The summed E-state index contributed by atoms with van der Waals surface area (Å²) in [7, 11) is 0. The SMILES string of the molecule is O=C(O)[C@@H](CO)NC(=O)C(F)(F)C(F)(F)C(=O)N[C@H](CO)C(=O)O. The first-order chi connectivity index (χ1) is 10.8. The smallest absolute Gasteiger partial charge is 0.395 e. The number of amides is 2. The highest BCUT2D eigenvalue weighted by molar-refractivity contribution is 5.97. The molecule has 6 N–H and O–H groups in total. The molecule has 2 atom stereocenters. The summed E-state index contributed by atoms with van der Waals surface area (Å²) >= 11 is 0. The highest BCUT2D eigenvalue weighted by Gasteiger charge is 2.67. The number of hydrogen-bond donors (Lipinski definition) is 6. The summed E-state index contributed by atoms with van der Waals surface area (Å²) in [5.74, 6) is -21.4. The Morgan fingerprint density at radius 2 is 1.00 bits per heavy atom. The van der Waals surface area contributed by atoms with Crippen LogP contribution in [0.1, 0.15) is 0 Å². The minimum absolute atomic E-state index is 0.893. The van der Waals surface area contributed by atoms with Crippen LogP contribution in [-0.4, -0.2) is 81.3 Å². The molecule has 0 aliphatic heterocycles. The van der Waals surface area contributed by atoms with Crippen molar-refractivity contribution in [3.63, 3.8) is 0 Å². The van der Waals surface area contributed by atoms with Gasteiger partial charge in [-0.05, 0) is 0 Å². The molecule has 24 heavy (non-hydrogen) atoms. The highest BCUT2D eigenvalue weighted by Crippen LogP contribution is 2.35. The molecule has 0 aliphatic carbocycles. The molecule has 0 unspecified atom stereocenters. The number of hydrogen-bond acceptors (Lipinski definition) is 6. The number of carbonyl (C=O) groups excluding carboxylic acids is 2. The second-order valence-electron chi connectivity index (χ2n) is 4.24. The average molecular weight is 364 g/mol. The first-order valence-electron chi connectivity index (χ1n) is 5.87. The third-order valence-corrected chi connectivity index (χ3v) is 2.54. The maximum atomic E-state index is 13.5. The number of aliphatic carboxylic acids is 2. The Hall–Kier alpha value is -2.48. The van der Waals surface area contributed by atoms with Gasteiger partial charge >= 0.3 is 23.8 Å². The second-order valence-corrected chi connectivity index (χ2v) is 4.24. The van der Waals surface area contributed by atoms with Gasteiger partial charge in [0.1, 0.15) is 0 Å². The molecule has 0 saturated heterocycles. The average Bonchev–Trinajstić information content (AvgIpc) is 2.48. The van der Waals surface area contributed by atoms with E-state index in [2.05, 4.69) is 0 Å². The molecule has 0 spiro atoms. The van der Waals surface area contributed by atoms with E-state index in [1.165, 1.54) is 0 Å². The Morgan fingerprint density at radius 3 is 1.17 bits per heavy atom. The van der Waals surface area contributed by atoms with Gasteiger partial charge < -0.3 is 31.1 Å². The quantitative estimate of drug-likeness (QED) is 0.241. The van der Waals surface area contributed by atoms with Crippen molar-refractivity contribution in [1.29, 1.82) is 0 Å². The van der Waals surface area contributed by atoms with E-state index in [0.29, 0.717) is 0 Å². The van der Waals surface area contributed by atoms with Crippen LogP contribution in [0.3, 0.4) is 0 Å². The Kier molecular flexibility index (Phi) is 7.06. The topological polar surface area (TPSA) is 173 Å². The van der Waals surface area contributed by atoms with Gasteiger partial charge in [0.15, 0.2) is 12.1 Å². The van der Waals surface area contributed by atoms with Crippen molar-refractivity contribution in [3.05, 3.63) is 0 Å². The summed E-state index contributed by atoms with van der Waals surface area (Å²) in [6.07, 6.45) is 0. The zero-order valence-corrected chi connectivity index (χ0v) is 11.5. The van der Waals surface area contributed by atoms with Gasteiger partial charge in [-0.2, -0.15) is 17.6 Å². The normalized spacial score (nSPS) is 14.4. The molecule has 0 radical (unpaired) electrons. The number of carboxylic acid groups (broad SMARTS) is 2. The first-order valence-corrected chi connectivity index (χ1v) is 5.87. The van der Waals surface area contributed by atoms with Gasteiger partial charge in [0.05, 0.1) is 13.2 Å². The van der Waals surface area contributed by atoms with E-state index in [1.54, 1.807) is 0 Å². The van der Waals surface area contributed by atoms with Crippen LogP contribution in [0.15, 0.2) is 0 Å². The van der Waals surface area contributed by atoms with Crippen molar-refractivity contribution >= 4 is 23.8 Å². The minimum Gasteiger partial charge on any atom is -0.480 e. The molecule has 10 nitrogen and oxygen atoms in total. The summed E-state index contributed by atoms with van der Waals surface area (Å²) < 4.78 is 53.8. The lowest BCUT2D eigenvalue weighted by atomic mass is 10.1. The first kappa shape index (κ1) is 21.5. The fourth-order valence-corrected chi connectivity index (χ4v) is 1.15. The molecule has 0 saturated carbocycles. The summed E-state index contributed by atoms with van der Waals surface area (Å²) in [5, 5.41) is 35.7. The summed E-state index contributed by atoms with van der Waals surface area (Å²) in [5.41, 5.74) is 0. The molecule has 0 aromatic rings. The monoisotopic (exact) mass is 364 g/mol. The van der Waals surface area contributed by atoms with Gasteiger partial charge in [-0.3, -0.25) is 9.59 Å². The van der Waals surface area contributed by atoms with Crippen LogP contribution in [0.5, 0.6) is 0 Å². The number of alkyl halides is 4. The van der Waals surface area contributed by atoms with Crippen molar-refractivity contribution in [3.8, 4) is 0 Å². The number of rotatable bonds is 9. The lowest BCUT2D eigenvalue weighted by Crippen LogP contribution is -2.63. The molecular formula is C10H12F4N2O8. The molecule has 2 amide bonds. The van der Waals surface area contributed by atoms with Crippen LogP contribution < -0.4 is 10.6 Å². The highest BCUT2D eigenvalue weighted by atomic mass is 19.3. The van der Waals surface area contributed by atoms with E-state index in [1.807, 2.05) is 0 Å². The van der Waals surface area contributed by atoms with Crippen molar-refractivity contribution in [2.24, 2.45) is 0 Å². The molecule has 14 heteroatoms. The maximum absolute atomic E-state index is 13.5. The van der Waals surface area contributed by atoms with Crippen LogP contribution in [0, 0.1) is 0 Å². The molecular weight excluding hydrogens is 352 g/mol. The second kappa shape index (κ2) is 7.87. The Balaban J connectivity index is 5.34. The van der Waals surface area contributed by atoms with E-state index < -0.39 is 60.9 Å². The Morgan fingerprint density at radius 1 is 0.750 bits per heavy atom. The van der Waals surface area contributed by atoms with E-state index >= 15 is 0 Å². The molecule has 138 valence electrons. The lowest BCUT2D eigenvalue weighted by Gasteiger charge is -2.26. The van der Waals surface area contributed by atoms with E-state index in [9.17, 15) is 36.7 Å². The zero-order chi connectivity index (χ0) is 19.3. The zero-order valence-electron chi connectivity index (χ0n) is 11.5. The van der Waals surface area contributed by atoms with Crippen LogP contribution in [0.2, 0.25) is 0 Å². The maximum Gasteiger partial charge on any atom is 0.395 e. The van der Waals surface area contributed by atoms with E-state index in [-0.39, 0.29) is 0 Å². The fourth-order valence-electron chi connectivity index (χ4n) is 1.15. The third-order valence-electron chi connectivity index (χ3n) is 2.54. The van der Waals surface area contributed by atoms with Gasteiger partial charge in [0.25, 0.3) is 11.8 Å². The van der Waals surface area contributed by atoms with Gasteiger partial charge in [-0.25, -0.2) is 9.59 Å². The van der Waals surface area contributed by atoms with Gasteiger partial charge in [0.2, 0.25) is 0 Å². The molecule has 0 aliphatic rings. The van der Waals surface area contributed by atoms with Crippen molar-refractivity contribution in [2.45, 2.75) is 23.9 Å². The van der Waals surface area contributed by atoms with Gasteiger partial charge in [-0.1, -0.05) is 0 Å². The van der Waals surface area contributed by atoms with E-state index in [4.69, 9.17) is 20.4 Å². The number of nitrogens with one attached hydrogen (secondary N) is 2. The lowest BCUT2D eigenvalue weighted by molar-refractivity contribution is -0.212. The number of carboxylic acids is 2. The summed E-state index contributed by atoms with van der Waals surface area (Å²) in [4.78, 5) is 43.1. The third kappa shape index (κ3) is 4.51. The standard InChI is InChI=1S/C10H12F4N2O8/c11-9(12,7(23)15-3(1-17)5(19)20)10(13,14)8(24)16-4(2-18)6(21)22/h3-4,17-18H,1-2H2,(H,15,23)(H,16,24)(H,19,20)(H,21,22)/t3-,4-/m1/s1. The van der Waals surface area contributed by atoms with E-state index in [0.717, 1.165) is 10.6 Å². The minimum atomic E-state index is -5.78. The largest absolute Gasteiger partial charge is 0.480 e. The predicted molar refractivity (Wildman–Crippen MR) is 63.2 cm³/mol. The molecule has 0 aromatic carbocycles. The molecule has 0 rings (SSSR count). The molecule has 0 heterocycles. The molecule has 0 aromatic heterocycles. The van der Waals surface area contributed by atoms with Crippen molar-refractivity contribution in [1.82, 2.24) is 10.6 Å². The summed E-state index contributed by atoms with van der Waals surface area (Å²) in [6.45, 7) is -2.80. The van der Waals surface area contributed by atoms with Crippen molar-refractivity contribution < 1.29 is 57.2 Å². The van der Waals surface area contributed by atoms with Crippen LogP contribution in [0.25, 0.3) is 0 Å². The van der Waals surface area contributed by atoms with Crippen LogP contribution in [-0.2, 0) is 19.2 Å². The number of aliphatic hydroxyl groups is 2. The van der Waals surface area contributed by atoms with Crippen molar-refractivity contribution in [2.75, 3.05) is 13.2 Å². The van der Waals surface area contributed by atoms with Crippen LogP contribution >= 0.6 is 0 Å². The Bertz CT molecular complexity index is 481. The van der Waals surface area contributed by atoms with Gasteiger partial charge in [0, 0.05) is 0 Å². The Labute approximate surface area is 130 Å². The molecule has 0 bridgehead atoms. The predicted octanol–water partition coefficient (Wildman–Crippen LogP) is -2.62. The van der Waals surface area contributed by atoms with Gasteiger partial charge in [-0.15, -0.1) is 0 Å². The van der Waals surface area contributed by atoms with Crippen LogP contribution in [0.4, 0.5) is 17.6 Å². The number of halogens is 4. The number of aliphatic hydroxyl groups excluding tert-OH is 2. The number of carbonyl (C=O) groups is 4. The summed E-state index contributed by atoms with van der Waals surface area (Å²) in [6, 6.07) is -4.68. The molecule has 0 fully saturated rings.